The lowest BCUT2D eigenvalue weighted by molar-refractivity contribution is 0.414. The Morgan fingerprint density at radius 2 is 2.09 bits per heavy atom. The molecule has 0 saturated heterocycles. The van der Waals surface area contributed by atoms with Gasteiger partial charge in [-0.3, -0.25) is 4.55 Å². The molecule has 2 aromatic rings. The van der Waals surface area contributed by atoms with E-state index >= 15 is 0 Å². The standard InChI is InChI=1S/C17H19NO4S/c1-22-16-12-13-6-2-3-7-14(13)17-15(16)8-4-9-18(17)10-5-11-23(19,20)21/h2-4,6-8,12H,5,9-11H2,1H3,(H,19,20,21). The average molecular weight is 333 g/mol. The maximum absolute atomic E-state index is 10.9. The summed E-state index contributed by atoms with van der Waals surface area (Å²) in [5.41, 5.74) is 2.06. The molecule has 2 aromatic carbocycles. The molecule has 0 aromatic heterocycles. The summed E-state index contributed by atoms with van der Waals surface area (Å²) in [6.07, 6.45) is 4.45. The van der Waals surface area contributed by atoms with Crippen molar-refractivity contribution in [1.29, 1.82) is 0 Å². The summed E-state index contributed by atoms with van der Waals surface area (Å²) in [4.78, 5) is 2.13. The minimum Gasteiger partial charge on any atom is -0.496 e. The topological polar surface area (TPSA) is 66.8 Å². The van der Waals surface area contributed by atoms with E-state index in [1.807, 2.05) is 36.4 Å². The van der Waals surface area contributed by atoms with Gasteiger partial charge in [-0.25, -0.2) is 0 Å². The van der Waals surface area contributed by atoms with E-state index in [2.05, 4.69) is 11.0 Å². The van der Waals surface area contributed by atoms with Gasteiger partial charge in [0.25, 0.3) is 10.1 Å². The smallest absolute Gasteiger partial charge is 0.264 e. The number of rotatable bonds is 5. The number of anilines is 1. The Balaban J connectivity index is 2.02. The van der Waals surface area contributed by atoms with Gasteiger partial charge in [-0.2, -0.15) is 8.42 Å². The highest BCUT2D eigenvalue weighted by Crippen LogP contribution is 2.40. The Kier molecular flexibility index (Phi) is 4.28. The number of benzene rings is 2. The van der Waals surface area contributed by atoms with Gasteiger partial charge in [0.15, 0.2) is 0 Å². The second kappa shape index (κ2) is 6.22. The number of hydrogen-bond donors (Lipinski definition) is 1. The summed E-state index contributed by atoms with van der Waals surface area (Å²) in [5.74, 6) is 0.569. The Bertz CT molecular complexity index is 858. The first-order chi connectivity index (χ1) is 11.0. The van der Waals surface area contributed by atoms with Crippen molar-refractivity contribution in [3.8, 4) is 5.75 Å². The van der Waals surface area contributed by atoms with Crippen LogP contribution in [0.1, 0.15) is 12.0 Å². The molecule has 0 atom stereocenters. The number of methoxy groups -OCH3 is 1. The van der Waals surface area contributed by atoms with Crippen molar-refractivity contribution in [3.05, 3.63) is 42.0 Å². The Morgan fingerprint density at radius 3 is 2.83 bits per heavy atom. The van der Waals surface area contributed by atoms with Crippen molar-refractivity contribution in [2.24, 2.45) is 0 Å². The molecule has 122 valence electrons. The fourth-order valence-electron chi connectivity index (χ4n) is 3.02. The molecule has 1 aliphatic rings. The number of fused-ring (bicyclic) bond motifs is 3. The second-order valence-corrected chi connectivity index (χ2v) is 7.12. The van der Waals surface area contributed by atoms with E-state index in [4.69, 9.17) is 9.29 Å². The van der Waals surface area contributed by atoms with Crippen molar-refractivity contribution in [1.82, 2.24) is 0 Å². The Labute approximate surface area is 135 Å². The summed E-state index contributed by atoms with van der Waals surface area (Å²) in [6.45, 7) is 1.25. The van der Waals surface area contributed by atoms with E-state index in [1.165, 1.54) is 0 Å². The summed E-state index contributed by atoms with van der Waals surface area (Å²) in [7, 11) is -2.28. The lowest BCUT2D eigenvalue weighted by atomic mass is 9.99. The summed E-state index contributed by atoms with van der Waals surface area (Å²) in [6, 6.07) is 10.1. The molecule has 0 radical (unpaired) electrons. The quantitative estimate of drug-likeness (QED) is 0.852. The van der Waals surface area contributed by atoms with Crippen LogP contribution in [-0.4, -0.2) is 38.9 Å². The molecule has 1 aliphatic heterocycles. The van der Waals surface area contributed by atoms with Crippen LogP contribution in [0.4, 0.5) is 5.69 Å². The highest BCUT2D eigenvalue weighted by Gasteiger charge is 2.20. The Morgan fingerprint density at radius 1 is 1.30 bits per heavy atom. The number of nitrogens with zero attached hydrogens (tertiary/aromatic N) is 1. The highest BCUT2D eigenvalue weighted by molar-refractivity contribution is 7.85. The van der Waals surface area contributed by atoms with Crippen LogP contribution < -0.4 is 9.64 Å². The van der Waals surface area contributed by atoms with E-state index in [0.717, 1.165) is 27.8 Å². The van der Waals surface area contributed by atoms with E-state index < -0.39 is 10.1 Å². The molecule has 3 rings (SSSR count). The summed E-state index contributed by atoms with van der Waals surface area (Å²) < 4.78 is 36.3. The van der Waals surface area contributed by atoms with E-state index in [0.29, 0.717) is 19.5 Å². The van der Waals surface area contributed by atoms with Gasteiger partial charge in [0, 0.05) is 24.0 Å². The fourth-order valence-corrected chi connectivity index (χ4v) is 3.51. The third-order valence-corrected chi connectivity index (χ3v) is 4.80. The van der Waals surface area contributed by atoms with Crippen LogP contribution in [-0.2, 0) is 10.1 Å². The minimum atomic E-state index is -3.93. The lowest BCUT2D eigenvalue weighted by Gasteiger charge is -2.30. The van der Waals surface area contributed by atoms with Crippen molar-refractivity contribution in [2.75, 3.05) is 30.9 Å². The van der Waals surface area contributed by atoms with Gasteiger partial charge >= 0.3 is 0 Å². The first-order valence-corrected chi connectivity index (χ1v) is 9.07. The maximum atomic E-state index is 10.9. The molecular formula is C17H19NO4S. The molecule has 0 unspecified atom stereocenters. The molecular weight excluding hydrogens is 314 g/mol. The Hall–Kier alpha value is -2.05. The van der Waals surface area contributed by atoms with Gasteiger partial charge in [0.05, 0.1) is 18.6 Å². The molecule has 23 heavy (non-hydrogen) atoms. The van der Waals surface area contributed by atoms with Crippen molar-refractivity contribution in [2.45, 2.75) is 6.42 Å². The van der Waals surface area contributed by atoms with Gasteiger partial charge in [0.2, 0.25) is 0 Å². The second-order valence-electron chi connectivity index (χ2n) is 5.55. The van der Waals surface area contributed by atoms with Gasteiger partial charge in [-0.15, -0.1) is 0 Å². The fraction of sp³-hybridized carbons (Fsp3) is 0.294. The molecule has 0 fully saturated rings. The molecule has 0 amide bonds. The third kappa shape index (κ3) is 3.33. The van der Waals surface area contributed by atoms with E-state index in [1.54, 1.807) is 7.11 Å². The molecule has 5 nitrogen and oxygen atoms in total. The van der Waals surface area contributed by atoms with Crippen LogP contribution in [0, 0.1) is 0 Å². The van der Waals surface area contributed by atoms with Crippen molar-refractivity contribution >= 4 is 32.7 Å². The maximum Gasteiger partial charge on any atom is 0.264 e. The minimum absolute atomic E-state index is 0.232. The van der Waals surface area contributed by atoms with Crippen molar-refractivity contribution < 1.29 is 17.7 Å². The van der Waals surface area contributed by atoms with Crippen LogP contribution in [0.15, 0.2) is 36.4 Å². The third-order valence-electron chi connectivity index (χ3n) is 4.00. The molecule has 0 bridgehead atoms. The monoisotopic (exact) mass is 333 g/mol. The number of ether oxygens (including phenoxy) is 1. The number of hydrogen-bond acceptors (Lipinski definition) is 4. The van der Waals surface area contributed by atoms with Crippen LogP contribution in [0.2, 0.25) is 0 Å². The highest BCUT2D eigenvalue weighted by atomic mass is 32.2. The first kappa shape index (κ1) is 15.8. The van der Waals surface area contributed by atoms with Gasteiger partial charge in [-0.1, -0.05) is 36.4 Å². The normalized spacial score (nSPS) is 14.1. The van der Waals surface area contributed by atoms with Crippen LogP contribution >= 0.6 is 0 Å². The predicted molar refractivity (Wildman–Crippen MR) is 92.8 cm³/mol. The van der Waals surface area contributed by atoms with Gasteiger partial charge in [0.1, 0.15) is 5.75 Å². The van der Waals surface area contributed by atoms with Gasteiger partial charge in [-0.05, 0) is 17.9 Å². The predicted octanol–water partition coefficient (Wildman–Crippen LogP) is 2.96. The van der Waals surface area contributed by atoms with Crippen LogP contribution in [0.25, 0.3) is 16.8 Å². The first-order valence-electron chi connectivity index (χ1n) is 7.46. The molecule has 0 spiro atoms. The zero-order valence-electron chi connectivity index (χ0n) is 12.9. The lowest BCUT2D eigenvalue weighted by Crippen LogP contribution is -2.28. The summed E-state index contributed by atoms with van der Waals surface area (Å²) >= 11 is 0. The molecule has 0 saturated carbocycles. The average Bonchev–Trinajstić information content (AvgIpc) is 2.53. The summed E-state index contributed by atoms with van der Waals surface area (Å²) in [5, 5.41) is 2.19. The zero-order chi connectivity index (χ0) is 16.4. The SMILES string of the molecule is COc1cc2ccccc2c2c1C=CCN2CCCS(=O)(=O)O. The van der Waals surface area contributed by atoms with Crippen LogP contribution in [0.3, 0.4) is 0 Å². The zero-order valence-corrected chi connectivity index (χ0v) is 13.7. The molecule has 0 aliphatic carbocycles. The van der Waals surface area contributed by atoms with Gasteiger partial charge < -0.3 is 9.64 Å². The molecule has 1 heterocycles. The van der Waals surface area contributed by atoms with Crippen molar-refractivity contribution in [3.63, 3.8) is 0 Å². The molecule has 6 heteroatoms. The largest absolute Gasteiger partial charge is 0.496 e. The van der Waals surface area contributed by atoms with E-state index in [9.17, 15) is 8.42 Å². The molecule has 1 N–H and O–H groups in total. The van der Waals surface area contributed by atoms with Crippen LogP contribution in [0.5, 0.6) is 5.75 Å². The van der Waals surface area contributed by atoms with E-state index in [-0.39, 0.29) is 5.75 Å².